The Labute approximate surface area is 133 Å². The van der Waals surface area contributed by atoms with Crippen molar-refractivity contribution in [3.63, 3.8) is 0 Å². The SMILES string of the molecule is CCc1onc(C)c1[C@@H]1CCCN1Cc1cc(C)ccc1C. The summed E-state index contributed by atoms with van der Waals surface area (Å²) >= 11 is 0. The van der Waals surface area contributed by atoms with Gasteiger partial charge in [-0.3, -0.25) is 4.90 Å². The molecule has 3 heteroatoms. The largest absolute Gasteiger partial charge is 0.361 e. The molecule has 3 rings (SSSR count). The number of nitrogens with zero attached hydrogens (tertiary/aromatic N) is 2. The van der Waals surface area contributed by atoms with Crippen LogP contribution in [0.15, 0.2) is 22.7 Å². The number of hydrogen-bond donors (Lipinski definition) is 0. The highest BCUT2D eigenvalue weighted by atomic mass is 16.5. The van der Waals surface area contributed by atoms with Crippen LogP contribution in [0.3, 0.4) is 0 Å². The third-order valence-electron chi connectivity index (χ3n) is 4.88. The van der Waals surface area contributed by atoms with E-state index in [0.29, 0.717) is 6.04 Å². The summed E-state index contributed by atoms with van der Waals surface area (Å²) in [5.74, 6) is 1.07. The molecule has 0 N–H and O–H groups in total. The monoisotopic (exact) mass is 298 g/mol. The Balaban J connectivity index is 1.87. The predicted molar refractivity (Wildman–Crippen MR) is 88.9 cm³/mol. The molecule has 118 valence electrons. The third kappa shape index (κ3) is 2.82. The highest BCUT2D eigenvalue weighted by molar-refractivity contribution is 5.32. The van der Waals surface area contributed by atoms with Crippen molar-refractivity contribution in [1.82, 2.24) is 10.1 Å². The zero-order valence-electron chi connectivity index (χ0n) is 14.1. The average Bonchev–Trinajstić information content (AvgIpc) is 3.08. The van der Waals surface area contributed by atoms with Crippen molar-refractivity contribution >= 4 is 0 Å². The van der Waals surface area contributed by atoms with Crippen molar-refractivity contribution in [2.75, 3.05) is 6.54 Å². The number of aryl methyl sites for hydroxylation is 4. The molecule has 0 radical (unpaired) electrons. The molecule has 1 saturated heterocycles. The predicted octanol–water partition coefficient (Wildman–Crippen LogP) is 4.50. The van der Waals surface area contributed by atoms with Gasteiger partial charge in [-0.2, -0.15) is 0 Å². The van der Waals surface area contributed by atoms with E-state index in [1.54, 1.807) is 0 Å². The van der Waals surface area contributed by atoms with Crippen molar-refractivity contribution in [2.24, 2.45) is 0 Å². The van der Waals surface area contributed by atoms with Crippen LogP contribution >= 0.6 is 0 Å². The van der Waals surface area contributed by atoms with Gasteiger partial charge in [-0.1, -0.05) is 35.8 Å². The van der Waals surface area contributed by atoms with Crippen LogP contribution in [0.5, 0.6) is 0 Å². The minimum atomic E-state index is 0.459. The van der Waals surface area contributed by atoms with E-state index in [2.05, 4.69) is 56.0 Å². The Morgan fingerprint density at radius 2 is 2.09 bits per heavy atom. The fourth-order valence-electron chi connectivity index (χ4n) is 3.64. The lowest BCUT2D eigenvalue weighted by Crippen LogP contribution is -2.24. The first-order valence-electron chi connectivity index (χ1n) is 8.35. The van der Waals surface area contributed by atoms with Gasteiger partial charge in [0.25, 0.3) is 0 Å². The van der Waals surface area contributed by atoms with Crippen molar-refractivity contribution in [3.05, 3.63) is 51.9 Å². The minimum absolute atomic E-state index is 0.459. The standard InChI is InChI=1S/C19H26N2O/c1-5-18-19(15(4)20-22-18)17-7-6-10-21(17)12-16-11-13(2)8-9-14(16)3/h8-9,11,17H,5-7,10,12H2,1-4H3/t17-/m0/s1. The molecule has 0 unspecified atom stereocenters. The Morgan fingerprint density at radius 3 is 2.86 bits per heavy atom. The molecule has 0 spiro atoms. The zero-order chi connectivity index (χ0) is 15.7. The lowest BCUT2D eigenvalue weighted by atomic mass is 10.00. The summed E-state index contributed by atoms with van der Waals surface area (Å²) in [7, 11) is 0. The van der Waals surface area contributed by atoms with Crippen LogP contribution in [0.25, 0.3) is 0 Å². The summed E-state index contributed by atoms with van der Waals surface area (Å²) < 4.78 is 5.52. The topological polar surface area (TPSA) is 29.3 Å². The average molecular weight is 298 g/mol. The fraction of sp³-hybridized carbons (Fsp3) is 0.526. The van der Waals surface area contributed by atoms with Crippen LogP contribution in [-0.2, 0) is 13.0 Å². The van der Waals surface area contributed by atoms with E-state index in [0.717, 1.165) is 31.0 Å². The van der Waals surface area contributed by atoms with Gasteiger partial charge in [-0.05, 0) is 51.3 Å². The molecule has 2 heterocycles. The summed E-state index contributed by atoms with van der Waals surface area (Å²) in [5, 5.41) is 4.20. The maximum atomic E-state index is 5.52. The van der Waals surface area contributed by atoms with Gasteiger partial charge in [-0.25, -0.2) is 0 Å². The molecule has 1 aliphatic heterocycles. The molecule has 0 bridgehead atoms. The van der Waals surface area contributed by atoms with Gasteiger partial charge >= 0.3 is 0 Å². The van der Waals surface area contributed by atoms with Gasteiger partial charge in [0.15, 0.2) is 0 Å². The molecule has 0 aliphatic carbocycles. The summed E-state index contributed by atoms with van der Waals surface area (Å²) in [4.78, 5) is 2.60. The van der Waals surface area contributed by atoms with Gasteiger partial charge in [0.05, 0.1) is 5.69 Å². The highest BCUT2D eigenvalue weighted by Crippen LogP contribution is 2.37. The molecule has 1 aromatic heterocycles. The zero-order valence-corrected chi connectivity index (χ0v) is 14.1. The molecule has 1 fully saturated rings. The summed E-state index contributed by atoms with van der Waals surface area (Å²) in [6.07, 6.45) is 3.38. The van der Waals surface area contributed by atoms with Gasteiger partial charge in [-0.15, -0.1) is 0 Å². The quantitative estimate of drug-likeness (QED) is 0.832. The van der Waals surface area contributed by atoms with E-state index in [4.69, 9.17) is 4.52 Å². The first-order chi connectivity index (χ1) is 10.6. The second-order valence-corrected chi connectivity index (χ2v) is 6.52. The van der Waals surface area contributed by atoms with E-state index < -0.39 is 0 Å². The van der Waals surface area contributed by atoms with Gasteiger partial charge in [0, 0.05) is 24.6 Å². The Morgan fingerprint density at radius 1 is 1.27 bits per heavy atom. The summed E-state index contributed by atoms with van der Waals surface area (Å²) in [6.45, 7) is 10.8. The molecule has 1 aromatic carbocycles. The summed E-state index contributed by atoms with van der Waals surface area (Å²) in [6, 6.07) is 7.21. The van der Waals surface area contributed by atoms with Crippen LogP contribution in [0.2, 0.25) is 0 Å². The van der Waals surface area contributed by atoms with E-state index in [1.807, 2.05) is 0 Å². The second kappa shape index (κ2) is 6.25. The lowest BCUT2D eigenvalue weighted by molar-refractivity contribution is 0.244. The summed E-state index contributed by atoms with van der Waals surface area (Å²) in [5.41, 5.74) is 6.57. The smallest absolute Gasteiger partial charge is 0.141 e. The molecule has 1 aliphatic rings. The minimum Gasteiger partial charge on any atom is -0.361 e. The van der Waals surface area contributed by atoms with E-state index >= 15 is 0 Å². The first-order valence-corrected chi connectivity index (χ1v) is 8.35. The second-order valence-electron chi connectivity index (χ2n) is 6.52. The molecule has 0 saturated carbocycles. The number of likely N-dealkylation sites (tertiary alicyclic amines) is 1. The number of aromatic nitrogens is 1. The molecule has 22 heavy (non-hydrogen) atoms. The highest BCUT2D eigenvalue weighted by Gasteiger charge is 2.31. The normalized spacial score (nSPS) is 19.0. The van der Waals surface area contributed by atoms with Gasteiger partial charge in [0.1, 0.15) is 5.76 Å². The molecular weight excluding hydrogens is 272 g/mol. The number of hydrogen-bond acceptors (Lipinski definition) is 3. The van der Waals surface area contributed by atoms with Crippen molar-refractivity contribution in [3.8, 4) is 0 Å². The Bertz CT molecular complexity index is 659. The van der Waals surface area contributed by atoms with E-state index in [1.165, 1.54) is 35.1 Å². The Hall–Kier alpha value is -1.61. The van der Waals surface area contributed by atoms with Gasteiger partial charge < -0.3 is 4.52 Å². The maximum absolute atomic E-state index is 5.52. The van der Waals surface area contributed by atoms with Crippen LogP contribution in [0.1, 0.15) is 59.5 Å². The first kappa shape index (κ1) is 15.3. The van der Waals surface area contributed by atoms with Crippen LogP contribution in [-0.4, -0.2) is 16.6 Å². The van der Waals surface area contributed by atoms with E-state index in [9.17, 15) is 0 Å². The van der Waals surface area contributed by atoms with Crippen molar-refractivity contribution in [1.29, 1.82) is 0 Å². The van der Waals surface area contributed by atoms with E-state index in [-0.39, 0.29) is 0 Å². The number of rotatable bonds is 4. The molecule has 1 atom stereocenters. The Kier molecular flexibility index (Phi) is 4.34. The maximum Gasteiger partial charge on any atom is 0.141 e. The van der Waals surface area contributed by atoms with Gasteiger partial charge in [0.2, 0.25) is 0 Å². The molecule has 3 nitrogen and oxygen atoms in total. The fourth-order valence-corrected chi connectivity index (χ4v) is 3.64. The van der Waals surface area contributed by atoms with Crippen molar-refractivity contribution in [2.45, 2.75) is 59.5 Å². The molecule has 2 aromatic rings. The molecular formula is C19H26N2O. The number of benzene rings is 1. The third-order valence-corrected chi connectivity index (χ3v) is 4.88. The van der Waals surface area contributed by atoms with Crippen LogP contribution in [0.4, 0.5) is 0 Å². The van der Waals surface area contributed by atoms with Crippen LogP contribution < -0.4 is 0 Å². The van der Waals surface area contributed by atoms with Crippen LogP contribution in [0, 0.1) is 20.8 Å². The molecule has 0 amide bonds. The van der Waals surface area contributed by atoms with Crippen molar-refractivity contribution < 1.29 is 4.52 Å². The lowest BCUT2D eigenvalue weighted by Gasteiger charge is -2.25.